The molecule has 1 N–H and O–H groups in total. The first-order valence-electron chi connectivity index (χ1n) is 7.93. The predicted molar refractivity (Wildman–Crippen MR) is 79.1 cm³/mol. The molecule has 0 radical (unpaired) electrons. The zero-order valence-electron chi connectivity index (χ0n) is 13.1. The van der Waals surface area contributed by atoms with Crippen LogP contribution in [0.2, 0.25) is 0 Å². The summed E-state index contributed by atoms with van der Waals surface area (Å²) >= 11 is 0. The van der Waals surface area contributed by atoms with E-state index in [1.807, 2.05) is 0 Å². The SMILES string of the molecule is CS(=O)(=O)N1CCCC[C@@H]1C(=O)N[C@H]1CCC[C@H](C(F)(F)F)C1. The van der Waals surface area contributed by atoms with E-state index in [4.69, 9.17) is 0 Å². The van der Waals surface area contributed by atoms with Crippen LogP contribution in [0.1, 0.15) is 44.9 Å². The van der Waals surface area contributed by atoms with Gasteiger partial charge in [0.1, 0.15) is 6.04 Å². The number of piperidine rings is 1. The second-order valence-electron chi connectivity index (χ2n) is 6.50. The number of carbonyl (C=O) groups is 1. The number of alkyl halides is 3. The molecule has 1 amide bonds. The molecule has 1 heterocycles. The maximum Gasteiger partial charge on any atom is 0.391 e. The third-order valence-electron chi connectivity index (χ3n) is 4.67. The number of carbonyl (C=O) groups excluding carboxylic acids is 1. The molecule has 0 aromatic carbocycles. The highest BCUT2D eigenvalue weighted by atomic mass is 32.2. The van der Waals surface area contributed by atoms with Gasteiger partial charge in [-0.1, -0.05) is 12.8 Å². The minimum Gasteiger partial charge on any atom is -0.352 e. The van der Waals surface area contributed by atoms with E-state index in [0.29, 0.717) is 25.7 Å². The topological polar surface area (TPSA) is 66.5 Å². The van der Waals surface area contributed by atoms with Crippen molar-refractivity contribution in [1.29, 1.82) is 0 Å². The van der Waals surface area contributed by atoms with Crippen molar-refractivity contribution in [3.63, 3.8) is 0 Å². The summed E-state index contributed by atoms with van der Waals surface area (Å²) in [7, 11) is -3.50. The molecule has 0 spiro atoms. The molecular weight excluding hydrogens is 333 g/mol. The minimum atomic E-state index is -4.24. The normalized spacial score (nSPS) is 30.9. The maximum absolute atomic E-state index is 12.8. The van der Waals surface area contributed by atoms with Crippen LogP contribution in [0.4, 0.5) is 13.2 Å². The standard InChI is InChI=1S/C14H23F3N2O3S/c1-23(21,22)19-8-3-2-7-12(19)13(20)18-11-6-4-5-10(9-11)14(15,16)17/h10-12H,2-9H2,1H3,(H,18,20)/t10-,11-,12+/m0/s1. The van der Waals surface area contributed by atoms with E-state index in [9.17, 15) is 26.4 Å². The van der Waals surface area contributed by atoms with E-state index < -0.39 is 40.1 Å². The zero-order valence-corrected chi connectivity index (χ0v) is 13.9. The Labute approximate surface area is 134 Å². The summed E-state index contributed by atoms with van der Waals surface area (Å²) in [5.41, 5.74) is 0. The zero-order chi connectivity index (χ0) is 17.3. The fourth-order valence-corrected chi connectivity index (χ4v) is 4.60. The predicted octanol–water partition coefficient (Wildman–Crippen LogP) is 2.04. The highest BCUT2D eigenvalue weighted by Gasteiger charge is 2.43. The Morgan fingerprint density at radius 3 is 2.43 bits per heavy atom. The van der Waals surface area contributed by atoms with E-state index in [-0.39, 0.29) is 19.4 Å². The molecule has 9 heteroatoms. The molecule has 1 saturated carbocycles. The molecule has 1 saturated heterocycles. The highest BCUT2D eigenvalue weighted by Crippen LogP contribution is 2.37. The Morgan fingerprint density at radius 1 is 1.13 bits per heavy atom. The molecule has 134 valence electrons. The van der Waals surface area contributed by atoms with Crippen molar-refractivity contribution in [2.45, 2.75) is 63.2 Å². The van der Waals surface area contributed by atoms with Crippen LogP contribution in [0.5, 0.6) is 0 Å². The Morgan fingerprint density at radius 2 is 1.83 bits per heavy atom. The lowest BCUT2D eigenvalue weighted by Gasteiger charge is -2.35. The largest absolute Gasteiger partial charge is 0.391 e. The van der Waals surface area contributed by atoms with Gasteiger partial charge >= 0.3 is 6.18 Å². The van der Waals surface area contributed by atoms with Crippen LogP contribution in [0, 0.1) is 5.92 Å². The van der Waals surface area contributed by atoms with Crippen molar-refractivity contribution < 1.29 is 26.4 Å². The van der Waals surface area contributed by atoms with Gasteiger partial charge < -0.3 is 5.32 Å². The molecule has 0 aromatic rings. The van der Waals surface area contributed by atoms with E-state index in [1.54, 1.807) is 0 Å². The summed E-state index contributed by atoms with van der Waals surface area (Å²) < 4.78 is 63.2. The summed E-state index contributed by atoms with van der Waals surface area (Å²) in [6.45, 7) is 0.284. The maximum atomic E-state index is 12.8. The van der Waals surface area contributed by atoms with E-state index >= 15 is 0 Å². The Kier molecular flexibility index (Phi) is 5.60. The van der Waals surface area contributed by atoms with Gasteiger partial charge in [-0.3, -0.25) is 4.79 Å². The van der Waals surface area contributed by atoms with Crippen LogP contribution in [0.15, 0.2) is 0 Å². The van der Waals surface area contributed by atoms with E-state index in [2.05, 4.69) is 5.32 Å². The molecule has 1 aliphatic heterocycles. The number of nitrogens with one attached hydrogen (secondary N) is 1. The van der Waals surface area contributed by atoms with Crippen LogP contribution in [-0.2, 0) is 14.8 Å². The third kappa shape index (κ3) is 4.82. The van der Waals surface area contributed by atoms with E-state index in [0.717, 1.165) is 17.0 Å². The van der Waals surface area contributed by atoms with Gasteiger partial charge in [0.15, 0.2) is 0 Å². The highest BCUT2D eigenvalue weighted by molar-refractivity contribution is 7.88. The van der Waals surface area contributed by atoms with Gasteiger partial charge in [-0.25, -0.2) is 8.42 Å². The molecule has 2 aliphatic rings. The fourth-order valence-electron chi connectivity index (χ4n) is 3.48. The second kappa shape index (κ2) is 6.96. The molecule has 2 fully saturated rings. The van der Waals surface area contributed by atoms with Crippen LogP contribution in [0.3, 0.4) is 0 Å². The average Bonchev–Trinajstić information content (AvgIpc) is 2.46. The molecule has 1 aliphatic carbocycles. The molecular formula is C14H23F3N2O3S. The molecule has 0 aromatic heterocycles. The lowest BCUT2D eigenvalue weighted by atomic mass is 9.85. The Balaban J connectivity index is 2.00. The number of rotatable bonds is 3. The van der Waals surface area contributed by atoms with Crippen LogP contribution in [0.25, 0.3) is 0 Å². The molecule has 5 nitrogen and oxygen atoms in total. The lowest BCUT2D eigenvalue weighted by molar-refractivity contribution is -0.184. The molecule has 3 atom stereocenters. The van der Waals surface area contributed by atoms with Gasteiger partial charge in [0.25, 0.3) is 0 Å². The first-order chi connectivity index (χ1) is 10.6. The lowest BCUT2D eigenvalue weighted by Crippen LogP contribution is -2.54. The van der Waals surface area contributed by atoms with Crippen molar-refractivity contribution in [2.75, 3.05) is 12.8 Å². The van der Waals surface area contributed by atoms with Gasteiger partial charge in [-0.2, -0.15) is 17.5 Å². The fraction of sp³-hybridized carbons (Fsp3) is 0.929. The van der Waals surface area contributed by atoms with Crippen molar-refractivity contribution in [1.82, 2.24) is 9.62 Å². The summed E-state index contributed by atoms with van der Waals surface area (Å²) in [6, 6.07) is -1.34. The minimum absolute atomic E-state index is 0.0920. The molecule has 23 heavy (non-hydrogen) atoms. The molecule has 0 unspecified atom stereocenters. The number of sulfonamides is 1. The van der Waals surface area contributed by atoms with Gasteiger partial charge in [0.05, 0.1) is 12.2 Å². The van der Waals surface area contributed by atoms with Gasteiger partial charge in [-0.15, -0.1) is 0 Å². The van der Waals surface area contributed by atoms with Crippen LogP contribution >= 0.6 is 0 Å². The second-order valence-corrected chi connectivity index (χ2v) is 8.43. The summed E-state index contributed by atoms with van der Waals surface area (Å²) in [6.07, 6.45) is -0.467. The smallest absolute Gasteiger partial charge is 0.352 e. The number of nitrogens with zero attached hydrogens (tertiary/aromatic N) is 1. The quantitative estimate of drug-likeness (QED) is 0.842. The van der Waals surface area contributed by atoms with Crippen molar-refractivity contribution in [3.8, 4) is 0 Å². The number of halogens is 3. The summed E-state index contributed by atoms with van der Waals surface area (Å²) in [5, 5.41) is 2.65. The Hall–Kier alpha value is -0.830. The average molecular weight is 356 g/mol. The van der Waals surface area contributed by atoms with Gasteiger partial charge in [-0.05, 0) is 32.1 Å². The Bertz CT molecular complexity index is 536. The monoisotopic (exact) mass is 356 g/mol. The number of hydrogen-bond donors (Lipinski definition) is 1. The van der Waals surface area contributed by atoms with Gasteiger partial charge in [0, 0.05) is 12.6 Å². The first-order valence-corrected chi connectivity index (χ1v) is 9.78. The summed E-state index contributed by atoms with van der Waals surface area (Å²) in [5.74, 6) is -1.86. The molecule has 2 rings (SSSR count). The van der Waals surface area contributed by atoms with Crippen LogP contribution < -0.4 is 5.32 Å². The molecule has 0 bridgehead atoms. The summed E-state index contributed by atoms with van der Waals surface area (Å²) in [4.78, 5) is 12.4. The first kappa shape index (κ1) is 18.5. The number of amides is 1. The number of hydrogen-bond acceptors (Lipinski definition) is 3. The van der Waals surface area contributed by atoms with Crippen molar-refractivity contribution >= 4 is 15.9 Å². The van der Waals surface area contributed by atoms with Crippen molar-refractivity contribution in [3.05, 3.63) is 0 Å². The van der Waals surface area contributed by atoms with Crippen LogP contribution in [-0.4, -0.2) is 49.7 Å². The third-order valence-corrected chi connectivity index (χ3v) is 5.95. The van der Waals surface area contributed by atoms with Gasteiger partial charge in [0.2, 0.25) is 15.9 Å². The van der Waals surface area contributed by atoms with E-state index in [1.165, 1.54) is 0 Å². The van der Waals surface area contributed by atoms with Crippen molar-refractivity contribution in [2.24, 2.45) is 5.92 Å².